The molecular formula is C39H47F9N6O2. The number of hydrogen-bond donors (Lipinski definition) is 0. The van der Waals surface area contributed by atoms with Gasteiger partial charge < -0.3 is 24.2 Å². The van der Waals surface area contributed by atoms with Gasteiger partial charge >= 0.3 is 18.5 Å². The number of rotatable bonds is 13. The summed E-state index contributed by atoms with van der Waals surface area (Å²) >= 11 is 0. The lowest BCUT2D eigenvalue weighted by molar-refractivity contribution is -0.143. The number of ether oxygens (including phenoxy) is 2. The molecule has 0 unspecified atom stereocenters. The second kappa shape index (κ2) is 17.7. The summed E-state index contributed by atoms with van der Waals surface area (Å²) in [5.74, 6) is 0.906. The van der Waals surface area contributed by atoms with Crippen LogP contribution in [0.1, 0.15) is 86.1 Å². The van der Waals surface area contributed by atoms with Gasteiger partial charge in [0, 0.05) is 63.7 Å². The molecule has 1 atom stereocenters. The molecule has 3 aliphatic rings. The van der Waals surface area contributed by atoms with E-state index in [1.54, 1.807) is 0 Å². The summed E-state index contributed by atoms with van der Waals surface area (Å²) in [7, 11) is 0. The molecule has 4 heterocycles. The first-order valence-corrected chi connectivity index (χ1v) is 19.2. The van der Waals surface area contributed by atoms with E-state index in [9.17, 15) is 39.5 Å². The maximum Gasteiger partial charge on any atom is 0.417 e. The topological polar surface area (TPSA) is 66.9 Å². The monoisotopic (exact) mass is 802 g/mol. The van der Waals surface area contributed by atoms with Crippen molar-refractivity contribution in [2.24, 2.45) is 11.8 Å². The van der Waals surface area contributed by atoms with Gasteiger partial charge in [0.2, 0.25) is 5.95 Å². The Bertz CT molecular complexity index is 1690. The first kappa shape index (κ1) is 41.8. The summed E-state index contributed by atoms with van der Waals surface area (Å²) in [5.41, 5.74) is -3.70. The zero-order valence-corrected chi connectivity index (χ0v) is 31.2. The summed E-state index contributed by atoms with van der Waals surface area (Å²) in [5, 5.41) is 0. The van der Waals surface area contributed by atoms with Crippen molar-refractivity contribution in [2.75, 3.05) is 60.8 Å². The summed E-state index contributed by atoms with van der Waals surface area (Å²) in [6.07, 6.45) is -3.80. The molecule has 2 aromatic heterocycles. The van der Waals surface area contributed by atoms with E-state index in [2.05, 4.69) is 21.9 Å². The van der Waals surface area contributed by atoms with E-state index in [1.165, 1.54) is 17.3 Å². The fourth-order valence-electron chi connectivity index (χ4n) is 8.01. The van der Waals surface area contributed by atoms with Gasteiger partial charge in [-0.25, -0.2) is 15.0 Å². The minimum absolute atomic E-state index is 0.00439. The second-order valence-corrected chi connectivity index (χ2v) is 14.9. The van der Waals surface area contributed by atoms with Crippen molar-refractivity contribution < 1.29 is 49.0 Å². The largest absolute Gasteiger partial charge is 0.417 e. The molecule has 8 nitrogen and oxygen atoms in total. The van der Waals surface area contributed by atoms with Gasteiger partial charge in [0.25, 0.3) is 0 Å². The number of unbranched alkanes of at least 4 members (excludes halogenated alkanes) is 1. The number of benzene rings is 1. The molecule has 56 heavy (non-hydrogen) atoms. The number of aromatic nitrogens is 3. The Hall–Kier alpha value is -3.86. The number of hydrogen-bond acceptors (Lipinski definition) is 8. The number of morpholine rings is 1. The predicted octanol–water partition coefficient (Wildman–Crippen LogP) is 9.56. The average Bonchev–Trinajstić information content (AvgIpc) is 3.66. The van der Waals surface area contributed by atoms with Crippen LogP contribution < -0.4 is 14.7 Å². The molecular weight excluding hydrogens is 755 g/mol. The highest BCUT2D eigenvalue weighted by atomic mass is 19.4. The van der Waals surface area contributed by atoms with Crippen molar-refractivity contribution in [3.05, 3.63) is 70.7 Å². The van der Waals surface area contributed by atoms with E-state index >= 15 is 0 Å². The smallest absolute Gasteiger partial charge is 0.381 e. The molecule has 0 amide bonds. The van der Waals surface area contributed by atoms with Crippen LogP contribution in [-0.2, 0) is 41.1 Å². The third-order valence-corrected chi connectivity index (χ3v) is 10.9. The van der Waals surface area contributed by atoms with Crippen LogP contribution in [0.25, 0.3) is 0 Å². The average molecular weight is 803 g/mol. The quantitative estimate of drug-likeness (QED) is 0.125. The maximum absolute atomic E-state index is 14.2. The minimum Gasteiger partial charge on any atom is -0.381 e. The third kappa shape index (κ3) is 10.5. The molecule has 0 radical (unpaired) electrons. The zero-order valence-electron chi connectivity index (χ0n) is 31.2. The van der Waals surface area contributed by atoms with Gasteiger partial charge in [-0.3, -0.25) is 0 Å². The Morgan fingerprint density at radius 1 is 0.750 bits per heavy atom. The van der Waals surface area contributed by atoms with E-state index in [4.69, 9.17) is 9.47 Å². The maximum atomic E-state index is 14.2. The molecule has 0 N–H and O–H groups in total. The highest BCUT2D eigenvalue weighted by Gasteiger charge is 2.39. The van der Waals surface area contributed by atoms with E-state index < -0.39 is 41.8 Å². The van der Waals surface area contributed by atoms with Gasteiger partial charge in [-0.2, -0.15) is 39.5 Å². The van der Waals surface area contributed by atoms with E-state index in [-0.39, 0.29) is 41.6 Å². The Morgan fingerprint density at radius 2 is 1.39 bits per heavy atom. The Labute approximate surface area is 320 Å². The van der Waals surface area contributed by atoms with E-state index in [1.807, 2.05) is 9.80 Å². The molecule has 3 fully saturated rings. The van der Waals surface area contributed by atoms with Gasteiger partial charge in [-0.1, -0.05) is 13.3 Å². The molecule has 3 aromatic rings. The van der Waals surface area contributed by atoms with Crippen LogP contribution in [0.3, 0.4) is 0 Å². The molecule has 308 valence electrons. The van der Waals surface area contributed by atoms with Gasteiger partial charge in [-0.15, -0.1) is 0 Å². The fraction of sp³-hybridized carbons (Fsp3) is 0.615. The van der Waals surface area contributed by atoms with Crippen molar-refractivity contribution >= 4 is 17.5 Å². The van der Waals surface area contributed by atoms with Crippen molar-refractivity contribution in [1.29, 1.82) is 0 Å². The van der Waals surface area contributed by atoms with Crippen molar-refractivity contribution in [3.63, 3.8) is 0 Å². The summed E-state index contributed by atoms with van der Waals surface area (Å²) in [6.45, 7) is 5.12. The molecule has 1 aliphatic carbocycles. The van der Waals surface area contributed by atoms with Gasteiger partial charge in [0.05, 0.1) is 48.0 Å². The number of nitrogens with zero attached hydrogens (tertiary/aromatic N) is 6. The second-order valence-electron chi connectivity index (χ2n) is 14.9. The van der Waals surface area contributed by atoms with Crippen LogP contribution >= 0.6 is 0 Å². The minimum atomic E-state index is -5.10. The molecule has 6 rings (SSSR count). The summed E-state index contributed by atoms with van der Waals surface area (Å²) in [6, 6.07) is 2.21. The van der Waals surface area contributed by atoms with Crippen LogP contribution in [0, 0.1) is 11.8 Å². The van der Waals surface area contributed by atoms with E-state index in [0.717, 1.165) is 70.2 Å². The lowest BCUT2D eigenvalue weighted by atomic mass is 9.78. The number of halogens is 9. The van der Waals surface area contributed by atoms with Crippen LogP contribution in [-0.4, -0.2) is 67.1 Å². The Morgan fingerprint density at radius 3 is 2.00 bits per heavy atom. The highest BCUT2D eigenvalue weighted by Crippen LogP contribution is 2.42. The van der Waals surface area contributed by atoms with Gasteiger partial charge in [-0.05, 0) is 86.6 Å². The number of alkyl halides is 9. The first-order chi connectivity index (χ1) is 26.6. The lowest BCUT2D eigenvalue weighted by Gasteiger charge is -2.38. The first-order valence-electron chi connectivity index (χ1n) is 19.2. The predicted molar refractivity (Wildman–Crippen MR) is 192 cm³/mol. The Balaban J connectivity index is 1.34. The molecule has 2 aliphatic heterocycles. The molecule has 0 spiro atoms. The number of anilines is 3. The molecule has 1 aromatic carbocycles. The van der Waals surface area contributed by atoms with Crippen LogP contribution in [0.2, 0.25) is 0 Å². The van der Waals surface area contributed by atoms with Gasteiger partial charge in [0.15, 0.2) is 0 Å². The van der Waals surface area contributed by atoms with Crippen molar-refractivity contribution in [1.82, 2.24) is 15.0 Å². The lowest BCUT2D eigenvalue weighted by Crippen LogP contribution is -2.39. The SMILES string of the molecule is CCCCOCC1CCC([C@H]2CCCN2c2ncc(C(F)(F)F)cc2CN(Cc2cc(C(F)(F)F)cc(C(F)(F)F)c2)c2ncc(N3CCOCC3)cn2)CC1. The molecule has 0 bridgehead atoms. The Kier molecular flexibility index (Phi) is 13.2. The molecule has 1 saturated carbocycles. The van der Waals surface area contributed by atoms with Crippen LogP contribution in [0.15, 0.2) is 42.9 Å². The molecule has 17 heteroatoms. The van der Waals surface area contributed by atoms with Crippen LogP contribution in [0.4, 0.5) is 57.0 Å². The van der Waals surface area contributed by atoms with Crippen molar-refractivity contribution in [3.8, 4) is 0 Å². The summed E-state index contributed by atoms with van der Waals surface area (Å²) in [4.78, 5) is 18.5. The normalized spacial score (nSPS) is 21.1. The fourth-order valence-corrected chi connectivity index (χ4v) is 8.01. The third-order valence-electron chi connectivity index (χ3n) is 10.9. The van der Waals surface area contributed by atoms with Crippen molar-refractivity contribution in [2.45, 2.75) is 96.0 Å². The van der Waals surface area contributed by atoms with E-state index in [0.29, 0.717) is 69.0 Å². The molecule has 2 saturated heterocycles. The standard InChI is InChI=1S/C39H47F9N6O2/c1-2-3-13-56-25-26-6-8-28(9-7-26)34-5-4-10-54(34)35-29(18-32(20-49-35)39(46,47)48)24-53(36-50-21-33(22-51-36)52-11-14-55-15-12-52)23-27-16-30(37(40,41)42)19-31(17-27)38(43,44)45/h16-22,26,28,34H,2-15,23-25H2,1H3/t26?,28?,34-/m1/s1. The highest BCUT2D eigenvalue weighted by molar-refractivity contribution is 5.53. The summed E-state index contributed by atoms with van der Waals surface area (Å²) < 4.78 is 137. The number of pyridine rings is 1. The van der Waals surface area contributed by atoms with Crippen LogP contribution in [0.5, 0.6) is 0 Å². The zero-order chi connectivity index (χ0) is 40.1. The van der Waals surface area contributed by atoms with Gasteiger partial charge in [0.1, 0.15) is 5.82 Å².